The fourth-order valence-electron chi connectivity index (χ4n) is 1.47. The number of carboxylic acid groups (broad SMARTS) is 1. The SMILES string of the molecule is CC(C)CCCC(=O)Nc1ccc(C(=O)O)cn1. The maximum Gasteiger partial charge on any atom is 0.337 e. The summed E-state index contributed by atoms with van der Waals surface area (Å²) in [6, 6.07) is 2.91. The predicted molar refractivity (Wildman–Crippen MR) is 68.5 cm³/mol. The van der Waals surface area contributed by atoms with Gasteiger partial charge in [0, 0.05) is 12.6 Å². The Morgan fingerprint density at radius 1 is 1.39 bits per heavy atom. The van der Waals surface area contributed by atoms with Crippen molar-refractivity contribution in [3.63, 3.8) is 0 Å². The molecule has 0 aliphatic carbocycles. The molecule has 0 aliphatic rings. The fourth-order valence-corrected chi connectivity index (χ4v) is 1.47. The quantitative estimate of drug-likeness (QED) is 0.813. The van der Waals surface area contributed by atoms with Crippen LogP contribution in [0.15, 0.2) is 18.3 Å². The number of hydrogen-bond donors (Lipinski definition) is 2. The summed E-state index contributed by atoms with van der Waals surface area (Å²) in [5.74, 6) is -0.149. The molecule has 0 spiro atoms. The molecule has 1 aromatic heterocycles. The molecule has 0 aromatic carbocycles. The molecular formula is C13H18N2O3. The minimum absolute atomic E-state index is 0.0915. The highest BCUT2D eigenvalue weighted by molar-refractivity contribution is 5.91. The van der Waals surface area contributed by atoms with Crippen molar-refractivity contribution in [2.75, 3.05) is 5.32 Å². The van der Waals surface area contributed by atoms with Crippen LogP contribution in [0.3, 0.4) is 0 Å². The van der Waals surface area contributed by atoms with Gasteiger partial charge in [0.25, 0.3) is 0 Å². The monoisotopic (exact) mass is 250 g/mol. The standard InChI is InChI=1S/C13H18N2O3/c1-9(2)4-3-5-12(16)15-11-7-6-10(8-14-11)13(17)18/h6-9H,3-5H2,1-2H3,(H,17,18)(H,14,15,16). The van der Waals surface area contributed by atoms with Gasteiger partial charge in [0.1, 0.15) is 5.82 Å². The first-order valence-electron chi connectivity index (χ1n) is 5.98. The number of amides is 1. The van der Waals surface area contributed by atoms with Crippen molar-refractivity contribution in [3.8, 4) is 0 Å². The highest BCUT2D eigenvalue weighted by Crippen LogP contribution is 2.09. The summed E-state index contributed by atoms with van der Waals surface area (Å²) < 4.78 is 0. The van der Waals surface area contributed by atoms with Crippen LogP contribution in [0.5, 0.6) is 0 Å². The van der Waals surface area contributed by atoms with Crippen molar-refractivity contribution >= 4 is 17.7 Å². The number of pyridine rings is 1. The lowest BCUT2D eigenvalue weighted by molar-refractivity contribution is -0.116. The molecule has 0 aliphatic heterocycles. The minimum Gasteiger partial charge on any atom is -0.478 e. The Morgan fingerprint density at radius 3 is 2.61 bits per heavy atom. The van der Waals surface area contributed by atoms with Crippen molar-refractivity contribution < 1.29 is 14.7 Å². The van der Waals surface area contributed by atoms with Crippen LogP contribution >= 0.6 is 0 Å². The smallest absolute Gasteiger partial charge is 0.337 e. The number of nitrogens with one attached hydrogen (secondary N) is 1. The zero-order chi connectivity index (χ0) is 13.5. The molecule has 5 nitrogen and oxygen atoms in total. The van der Waals surface area contributed by atoms with Gasteiger partial charge in [0.2, 0.25) is 5.91 Å². The Balaban J connectivity index is 2.42. The third-order valence-corrected chi connectivity index (χ3v) is 2.46. The first-order valence-corrected chi connectivity index (χ1v) is 5.98. The van der Waals surface area contributed by atoms with E-state index in [1.54, 1.807) is 0 Å². The Labute approximate surface area is 106 Å². The highest BCUT2D eigenvalue weighted by Gasteiger charge is 2.06. The first kappa shape index (κ1) is 14.2. The number of hydrogen-bond acceptors (Lipinski definition) is 3. The molecule has 1 aromatic rings. The summed E-state index contributed by atoms with van der Waals surface area (Å²) in [4.78, 5) is 26.0. The average Bonchev–Trinajstić information content (AvgIpc) is 2.29. The molecule has 0 bridgehead atoms. The second-order valence-electron chi connectivity index (χ2n) is 4.57. The van der Waals surface area contributed by atoms with Crippen LogP contribution < -0.4 is 5.32 Å². The Morgan fingerprint density at radius 2 is 2.11 bits per heavy atom. The van der Waals surface area contributed by atoms with Crippen molar-refractivity contribution in [1.82, 2.24) is 4.98 Å². The van der Waals surface area contributed by atoms with Crippen molar-refractivity contribution in [3.05, 3.63) is 23.9 Å². The zero-order valence-electron chi connectivity index (χ0n) is 10.6. The Hall–Kier alpha value is -1.91. The van der Waals surface area contributed by atoms with Gasteiger partial charge in [-0.15, -0.1) is 0 Å². The number of nitrogens with zero attached hydrogens (tertiary/aromatic N) is 1. The summed E-state index contributed by atoms with van der Waals surface area (Å²) in [5.41, 5.74) is 0.104. The molecule has 98 valence electrons. The summed E-state index contributed by atoms with van der Waals surface area (Å²) in [6.45, 7) is 4.23. The Bertz CT molecular complexity index is 413. The largest absolute Gasteiger partial charge is 0.478 e. The normalized spacial score (nSPS) is 10.4. The van der Waals surface area contributed by atoms with Gasteiger partial charge < -0.3 is 10.4 Å². The summed E-state index contributed by atoms with van der Waals surface area (Å²) in [5, 5.41) is 11.3. The summed E-state index contributed by atoms with van der Waals surface area (Å²) in [6.07, 6.45) is 3.54. The number of carbonyl (C=O) groups is 2. The Kier molecular flexibility index (Phi) is 5.30. The number of anilines is 1. The van der Waals surface area contributed by atoms with Crippen LogP contribution in [0.2, 0.25) is 0 Å². The molecule has 2 N–H and O–H groups in total. The van der Waals surface area contributed by atoms with E-state index in [0.717, 1.165) is 12.8 Å². The third kappa shape index (κ3) is 4.95. The van der Waals surface area contributed by atoms with Gasteiger partial charge in [0.15, 0.2) is 0 Å². The van der Waals surface area contributed by atoms with E-state index in [0.29, 0.717) is 18.2 Å². The molecular weight excluding hydrogens is 232 g/mol. The van der Waals surface area contributed by atoms with Crippen LogP contribution in [0.1, 0.15) is 43.5 Å². The fraction of sp³-hybridized carbons (Fsp3) is 0.462. The van der Waals surface area contributed by atoms with Crippen molar-refractivity contribution in [2.45, 2.75) is 33.1 Å². The first-order chi connectivity index (χ1) is 8.49. The lowest BCUT2D eigenvalue weighted by Crippen LogP contribution is -2.12. The molecule has 0 fully saturated rings. The van der Waals surface area contributed by atoms with E-state index in [4.69, 9.17) is 5.11 Å². The highest BCUT2D eigenvalue weighted by atomic mass is 16.4. The minimum atomic E-state index is -1.03. The van der Waals surface area contributed by atoms with Crippen LogP contribution in [0, 0.1) is 5.92 Å². The molecule has 0 radical (unpaired) electrons. The number of carbonyl (C=O) groups excluding carboxylic acids is 1. The lowest BCUT2D eigenvalue weighted by Gasteiger charge is -2.06. The number of aromatic nitrogens is 1. The summed E-state index contributed by atoms with van der Waals surface area (Å²) >= 11 is 0. The van der Waals surface area contributed by atoms with Crippen LogP contribution in [-0.2, 0) is 4.79 Å². The van der Waals surface area contributed by atoms with E-state index >= 15 is 0 Å². The zero-order valence-corrected chi connectivity index (χ0v) is 10.6. The van der Waals surface area contributed by atoms with E-state index in [9.17, 15) is 9.59 Å². The van der Waals surface area contributed by atoms with Crippen LogP contribution in [0.25, 0.3) is 0 Å². The predicted octanol–water partition coefficient (Wildman–Crippen LogP) is 2.54. The molecule has 18 heavy (non-hydrogen) atoms. The van der Waals surface area contributed by atoms with Gasteiger partial charge in [0.05, 0.1) is 5.56 Å². The number of carboxylic acids is 1. The average molecular weight is 250 g/mol. The third-order valence-electron chi connectivity index (χ3n) is 2.46. The van der Waals surface area contributed by atoms with Gasteiger partial charge in [-0.3, -0.25) is 4.79 Å². The van der Waals surface area contributed by atoms with E-state index in [1.807, 2.05) is 0 Å². The number of rotatable bonds is 6. The summed E-state index contributed by atoms with van der Waals surface area (Å²) in [7, 11) is 0. The van der Waals surface area contributed by atoms with Gasteiger partial charge in [-0.05, 0) is 24.5 Å². The topological polar surface area (TPSA) is 79.3 Å². The number of aromatic carboxylic acids is 1. The molecule has 0 unspecified atom stereocenters. The molecule has 1 rings (SSSR count). The maximum atomic E-state index is 11.5. The molecule has 1 heterocycles. The van der Waals surface area contributed by atoms with E-state index in [2.05, 4.69) is 24.1 Å². The second-order valence-corrected chi connectivity index (χ2v) is 4.57. The molecule has 0 saturated heterocycles. The molecule has 0 saturated carbocycles. The second kappa shape index (κ2) is 6.74. The van der Waals surface area contributed by atoms with Gasteiger partial charge in [-0.2, -0.15) is 0 Å². The molecule has 0 atom stereocenters. The van der Waals surface area contributed by atoms with E-state index in [-0.39, 0.29) is 11.5 Å². The van der Waals surface area contributed by atoms with Gasteiger partial charge in [-0.25, -0.2) is 9.78 Å². The van der Waals surface area contributed by atoms with Crippen LogP contribution in [0.4, 0.5) is 5.82 Å². The van der Waals surface area contributed by atoms with Crippen LogP contribution in [-0.4, -0.2) is 22.0 Å². The van der Waals surface area contributed by atoms with Crippen molar-refractivity contribution in [2.24, 2.45) is 5.92 Å². The van der Waals surface area contributed by atoms with E-state index < -0.39 is 5.97 Å². The lowest BCUT2D eigenvalue weighted by atomic mass is 10.1. The van der Waals surface area contributed by atoms with Gasteiger partial charge >= 0.3 is 5.97 Å². The molecule has 5 heteroatoms. The van der Waals surface area contributed by atoms with E-state index in [1.165, 1.54) is 18.3 Å². The molecule has 1 amide bonds. The maximum absolute atomic E-state index is 11.5. The van der Waals surface area contributed by atoms with Gasteiger partial charge in [-0.1, -0.05) is 20.3 Å². The van der Waals surface area contributed by atoms with Crippen molar-refractivity contribution in [1.29, 1.82) is 0 Å².